The number of ether oxygens (including phenoxy) is 4. The molecule has 6 atom stereocenters. The Hall–Kier alpha value is -1.94. The van der Waals surface area contributed by atoms with Crippen molar-refractivity contribution in [2.24, 2.45) is 23.7 Å². The van der Waals surface area contributed by atoms with Gasteiger partial charge in [-0.25, -0.2) is 9.13 Å². The van der Waals surface area contributed by atoms with Crippen LogP contribution in [0.15, 0.2) is 0 Å². The number of phosphoric acid groups is 2. The van der Waals surface area contributed by atoms with Gasteiger partial charge in [-0.15, -0.1) is 0 Å². The smallest absolute Gasteiger partial charge is 0.462 e. The quantitative estimate of drug-likeness (QED) is 0.0222. The molecule has 4 unspecified atom stereocenters. The summed E-state index contributed by atoms with van der Waals surface area (Å²) in [6.07, 6.45) is 52.9. The number of hydrogen-bond donors (Lipinski definition) is 3. The van der Waals surface area contributed by atoms with E-state index >= 15 is 0 Å². The standard InChI is InChI=1S/C78H152O17P2/c1-9-71(8)57-49-41-36-37-43-51-59-76(81)89-65-74(95-78(83)61-53-45-34-28-24-20-16-18-22-26-31-39-47-55-69(4)5)67-93-97(86,87)91-63-72(79)62-90-96(84,85)92-66-73(64-88-75(80)58-50-42-35-29-32-40-48-56-70(6)7)94-77(82)60-52-44-33-27-23-19-15-13-11-10-12-14-17-21-25-30-38-46-54-68(2)3/h68-74,79H,9-67H2,1-8H3,(H,84,85)(H,86,87)/t71?,72?,73-,74-/m1/s1. The van der Waals surface area contributed by atoms with Crippen molar-refractivity contribution in [3.8, 4) is 0 Å². The molecule has 576 valence electrons. The molecule has 0 fully saturated rings. The molecule has 3 N–H and O–H groups in total. The molecule has 0 bridgehead atoms. The van der Waals surface area contributed by atoms with E-state index in [4.69, 9.17) is 37.0 Å². The van der Waals surface area contributed by atoms with Crippen molar-refractivity contribution in [1.82, 2.24) is 0 Å². The van der Waals surface area contributed by atoms with Crippen molar-refractivity contribution in [3.05, 3.63) is 0 Å². The molecule has 0 aromatic carbocycles. The SMILES string of the molecule is CCC(C)CCCCCCCCC(=O)OC[C@H](COP(=O)(O)OCC(O)COP(=O)(O)OC[C@@H](COC(=O)CCCCCCCCCC(C)C)OC(=O)CCCCCCCCCCCCCCCCCCCCC(C)C)OC(=O)CCCCCCCCCCCCCCCC(C)C. The van der Waals surface area contributed by atoms with E-state index in [-0.39, 0.29) is 25.7 Å². The fourth-order valence-electron chi connectivity index (χ4n) is 11.9. The van der Waals surface area contributed by atoms with Crippen LogP contribution in [0.2, 0.25) is 0 Å². The van der Waals surface area contributed by atoms with Crippen molar-refractivity contribution >= 4 is 39.5 Å². The van der Waals surface area contributed by atoms with Gasteiger partial charge in [-0.3, -0.25) is 37.3 Å². The van der Waals surface area contributed by atoms with Crippen molar-refractivity contribution < 1.29 is 80.2 Å². The average molecular weight is 1420 g/mol. The lowest BCUT2D eigenvalue weighted by atomic mass is 10.00. The van der Waals surface area contributed by atoms with Gasteiger partial charge in [0, 0.05) is 25.7 Å². The highest BCUT2D eigenvalue weighted by Crippen LogP contribution is 2.45. The van der Waals surface area contributed by atoms with Gasteiger partial charge in [-0.2, -0.15) is 0 Å². The number of esters is 4. The molecule has 0 saturated heterocycles. The second kappa shape index (κ2) is 67.2. The van der Waals surface area contributed by atoms with Crippen molar-refractivity contribution in [2.75, 3.05) is 39.6 Å². The summed E-state index contributed by atoms with van der Waals surface area (Å²) >= 11 is 0. The van der Waals surface area contributed by atoms with E-state index in [1.165, 1.54) is 186 Å². The van der Waals surface area contributed by atoms with Gasteiger partial charge < -0.3 is 33.8 Å². The zero-order chi connectivity index (χ0) is 71.7. The molecule has 17 nitrogen and oxygen atoms in total. The number of carbonyl (C=O) groups excluding carboxylic acids is 4. The Balaban J connectivity index is 5.18. The molecular weight excluding hydrogens is 1270 g/mol. The van der Waals surface area contributed by atoms with Crippen LogP contribution in [0.1, 0.15) is 396 Å². The maximum atomic E-state index is 13.1. The number of phosphoric ester groups is 2. The Morgan fingerprint density at radius 3 is 0.732 bits per heavy atom. The van der Waals surface area contributed by atoms with Gasteiger partial charge in [-0.05, 0) is 49.4 Å². The van der Waals surface area contributed by atoms with Crippen LogP contribution in [0.5, 0.6) is 0 Å². The van der Waals surface area contributed by atoms with Crippen LogP contribution in [-0.4, -0.2) is 96.7 Å². The summed E-state index contributed by atoms with van der Waals surface area (Å²) in [7, 11) is -9.92. The number of rotatable bonds is 75. The first kappa shape index (κ1) is 95.1. The van der Waals surface area contributed by atoms with Crippen LogP contribution in [-0.2, 0) is 65.4 Å². The molecule has 0 spiro atoms. The van der Waals surface area contributed by atoms with Crippen LogP contribution in [0, 0.1) is 23.7 Å². The van der Waals surface area contributed by atoms with Crippen LogP contribution in [0.4, 0.5) is 0 Å². The van der Waals surface area contributed by atoms with Crippen LogP contribution in [0.3, 0.4) is 0 Å². The summed E-state index contributed by atoms with van der Waals surface area (Å²) in [6, 6.07) is 0. The van der Waals surface area contributed by atoms with Crippen LogP contribution < -0.4 is 0 Å². The fourth-order valence-corrected chi connectivity index (χ4v) is 13.5. The molecule has 0 amide bonds. The molecule has 0 radical (unpaired) electrons. The maximum Gasteiger partial charge on any atom is 0.472 e. The van der Waals surface area contributed by atoms with E-state index in [9.17, 15) is 43.2 Å². The molecule has 0 aromatic rings. The molecule has 0 aliphatic rings. The summed E-state index contributed by atoms with van der Waals surface area (Å²) in [4.78, 5) is 72.8. The van der Waals surface area contributed by atoms with E-state index < -0.39 is 97.5 Å². The lowest BCUT2D eigenvalue weighted by Crippen LogP contribution is -2.30. The molecule has 0 aliphatic heterocycles. The molecule has 0 aliphatic carbocycles. The zero-order valence-corrected chi connectivity index (χ0v) is 65.5. The first-order valence-electron chi connectivity index (χ1n) is 40.2. The topological polar surface area (TPSA) is 237 Å². The van der Waals surface area contributed by atoms with Gasteiger partial charge in [0.15, 0.2) is 12.2 Å². The molecular formula is C78H152O17P2. The second-order valence-corrected chi connectivity index (χ2v) is 32.7. The van der Waals surface area contributed by atoms with Gasteiger partial charge in [0.1, 0.15) is 19.3 Å². The fraction of sp³-hybridized carbons (Fsp3) is 0.949. The highest BCUT2D eigenvalue weighted by atomic mass is 31.2. The molecule has 97 heavy (non-hydrogen) atoms. The largest absolute Gasteiger partial charge is 0.472 e. The Kier molecular flexibility index (Phi) is 65.9. The van der Waals surface area contributed by atoms with E-state index in [1.54, 1.807) is 0 Å². The maximum absolute atomic E-state index is 13.1. The zero-order valence-electron chi connectivity index (χ0n) is 63.7. The Bertz CT molecular complexity index is 1900. The minimum absolute atomic E-state index is 0.106. The number of unbranched alkanes of at least 4 members (excludes halogenated alkanes) is 40. The van der Waals surface area contributed by atoms with E-state index in [0.29, 0.717) is 31.6 Å². The second-order valence-electron chi connectivity index (χ2n) is 29.8. The molecule has 19 heteroatoms. The minimum Gasteiger partial charge on any atom is -0.462 e. The number of aliphatic hydroxyl groups excluding tert-OH is 1. The lowest BCUT2D eigenvalue weighted by molar-refractivity contribution is -0.161. The van der Waals surface area contributed by atoms with E-state index in [0.717, 1.165) is 120 Å². The Labute approximate surface area is 594 Å². The van der Waals surface area contributed by atoms with Gasteiger partial charge in [0.2, 0.25) is 0 Å². The Morgan fingerprint density at radius 1 is 0.289 bits per heavy atom. The van der Waals surface area contributed by atoms with Gasteiger partial charge in [0.05, 0.1) is 26.4 Å². The number of hydrogen-bond acceptors (Lipinski definition) is 15. The predicted octanol–water partition coefficient (Wildman–Crippen LogP) is 22.8. The summed E-state index contributed by atoms with van der Waals surface area (Å²) in [5.41, 5.74) is 0. The van der Waals surface area contributed by atoms with Gasteiger partial charge >= 0.3 is 39.5 Å². The Morgan fingerprint density at radius 2 is 0.495 bits per heavy atom. The highest BCUT2D eigenvalue weighted by Gasteiger charge is 2.30. The summed E-state index contributed by atoms with van der Waals surface area (Å²) in [6.45, 7) is 14.2. The number of aliphatic hydroxyl groups is 1. The van der Waals surface area contributed by atoms with Crippen LogP contribution in [0.25, 0.3) is 0 Å². The highest BCUT2D eigenvalue weighted by molar-refractivity contribution is 7.47. The van der Waals surface area contributed by atoms with Crippen molar-refractivity contribution in [2.45, 2.75) is 414 Å². The molecule has 0 saturated carbocycles. The molecule has 0 rings (SSSR count). The van der Waals surface area contributed by atoms with Gasteiger partial charge in [-0.1, -0.05) is 344 Å². The monoisotopic (exact) mass is 1420 g/mol. The van der Waals surface area contributed by atoms with E-state index in [1.807, 2.05) is 0 Å². The molecule has 0 aromatic heterocycles. The first-order valence-corrected chi connectivity index (χ1v) is 43.2. The minimum atomic E-state index is -4.96. The third kappa shape index (κ3) is 70.9. The predicted molar refractivity (Wildman–Crippen MR) is 395 cm³/mol. The third-order valence-electron chi connectivity index (χ3n) is 18.4. The average Bonchev–Trinajstić information content (AvgIpc) is 1.19. The summed E-state index contributed by atoms with van der Waals surface area (Å²) in [5, 5.41) is 10.6. The number of carbonyl (C=O) groups is 4. The third-order valence-corrected chi connectivity index (χ3v) is 20.3. The normalized spacial score (nSPS) is 14.4. The van der Waals surface area contributed by atoms with E-state index in [2.05, 4.69) is 55.4 Å². The summed E-state index contributed by atoms with van der Waals surface area (Å²) in [5.74, 6) is 0.922. The molecule has 0 heterocycles. The lowest BCUT2D eigenvalue weighted by Gasteiger charge is -2.21. The summed E-state index contributed by atoms with van der Waals surface area (Å²) < 4.78 is 68.5. The van der Waals surface area contributed by atoms with Crippen molar-refractivity contribution in [1.29, 1.82) is 0 Å². The van der Waals surface area contributed by atoms with Gasteiger partial charge in [0.25, 0.3) is 0 Å². The van der Waals surface area contributed by atoms with Crippen LogP contribution >= 0.6 is 15.6 Å². The first-order chi connectivity index (χ1) is 46.6. The van der Waals surface area contributed by atoms with Crippen molar-refractivity contribution in [3.63, 3.8) is 0 Å².